The number of rotatable bonds is 2. The second-order valence-corrected chi connectivity index (χ2v) is 6.31. The van der Waals surface area contributed by atoms with Crippen molar-refractivity contribution in [2.45, 2.75) is 31.7 Å². The standard InChI is InChI=1S/C13H14INO/c1-8-3-2-4-10(14)11(8)12(16)15-13-5-9(6-13)7-13/h2-4,9H,5-7H2,1H3,(H,15,16). The molecule has 3 heteroatoms. The number of carbonyl (C=O) groups is 1. The second kappa shape index (κ2) is 3.45. The first-order valence-electron chi connectivity index (χ1n) is 5.67. The van der Waals surface area contributed by atoms with Crippen molar-refractivity contribution in [2.24, 2.45) is 5.92 Å². The minimum Gasteiger partial charge on any atom is -0.347 e. The van der Waals surface area contributed by atoms with Crippen LogP contribution in [0, 0.1) is 16.4 Å². The summed E-state index contributed by atoms with van der Waals surface area (Å²) < 4.78 is 1.04. The topological polar surface area (TPSA) is 29.1 Å². The molecule has 3 aliphatic carbocycles. The Balaban J connectivity index is 1.83. The van der Waals surface area contributed by atoms with Crippen molar-refractivity contribution in [3.05, 3.63) is 32.9 Å². The van der Waals surface area contributed by atoms with Gasteiger partial charge in [0.1, 0.15) is 0 Å². The fourth-order valence-electron chi connectivity index (χ4n) is 2.85. The van der Waals surface area contributed by atoms with Crippen LogP contribution in [0.3, 0.4) is 0 Å². The Morgan fingerprint density at radius 3 is 2.62 bits per heavy atom. The summed E-state index contributed by atoms with van der Waals surface area (Å²) in [5.74, 6) is 1.01. The van der Waals surface area contributed by atoms with Gasteiger partial charge in [0.15, 0.2) is 0 Å². The van der Waals surface area contributed by atoms with E-state index in [0.29, 0.717) is 0 Å². The summed E-state index contributed by atoms with van der Waals surface area (Å²) in [4.78, 5) is 12.2. The fourth-order valence-corrected chi connectivity index (χ4v) is 3.73. The molecule has 3 saturated carbocycles. The molecule has 3 fully saturated rings. The molecule has 3 aliphatic rings. The third-order valence-electron chi connectivity index (χ3n) is 3.87. The highest BCUT2D eigenvalue weighted by atomic mass is 127. The van der Waals surface area contributed by atoms with E-state index in [9.17, 15) is 4.79 Å². The highest BCUT2D eigenvalue weighted by Gasteiger charge is 2.57. The summed E-state index contributed by atoms with van der Waals surface area (Å²) in [7, 11) is 0. The van der Waals surface area contributed by atoms with E-state index < -0.39 is 0 Å². The van der Waals surface area contributed by atoms with Gasteiger partial charge in [-0.15, -0.1) is 0 Å². The van der Waals surface area contributed by atoms with Crippen LogP contribution in [0.4, 0.5) is 0 Å². The van der Waals surface area contributed by atoms with Crippen molar-refractivity contribution < 1.29 is 4.79 Å². The van der Waals surface area contributed by atoms with Gasteiger partial charge in [-0.2, -0.15) is 0 Å². The van der Waals surface area contributed by atoms with Gasteiger partial charge < -0.3 is 5.32 Å². The molecule has 0 spiro atoms. The van der Waals surface area contributed by atoms with E-state index in [1.54, 1.807) is 0 Å². The van der Waals surface area contributed by atoms with Crippen molar-refractivity contribution in [2.75, 3.05) is 0 Å². The molecule has 2 bridgehead atoms. The van der Waals surface area contributed by atoms with Gasteiger partial charge in [0.25, 0.3) is 5.91 Å². The molecule has 0 saturated heterocycles. The van der Waals surface area contributed by atoms with Crippen LogP contribution < -0.4 is 5.32 Å². The molecule has 16 heavy (non-hydrogen) atoms. The predicted molar refractivity (Wildman–Crippen MR) is 71.4 cm³/mol. The number of nitrogens with one attached hydrogen (secondary N) is 1. The number of aryl methyl sites for hydroxylation is 1. The lowest BCUT2D eigenvalue weighted by molar-refractivity contribution is -0.0438. The van der Waals surface area contributed by atoms with Gasteiger partial charge in [-0.1, -0.05) is 12.1 Å². The van der Waals surface area contributed by atoms with Crippen LogP contribution >= 0.6 is 22.6 Å². The van der Waals surface area contributed by atoms with E-state index >= 15 is 0 Å². The van der Waals surface area contributed by atoms with Crippen LogP contribution in [0.1, 0.15) is 35.2 Å². The average molecular weight is 327 g/mol. The van der Waals surface area contributed by atoms with Gasteiger partial charge >= 0.3 is 0 Å². The zero-order valence-electron chi connectivity index (χ0n) is 9.22. The first kappa shape index (κ1) is 10.6. The molecule has 1 aromatic rings. The number of hydrogen-bond acceptors (Lipinski definition) is 1. The third-order valence-corrected chi connectivity index (χ3v) is 4.76. The average Bonchev–Trinajstić information content (AvgIpc) is 2.09. The van der Waals surface area contributed by atoms with Crippen molar-refractivity contribution in [1.82, 2.24) is 5.32 Å². The highest BCUT2D eigenvalue weighted by molar-refractivity contribution is 14.1. The summed E-state index contributed by atoms with van der Waals surface area (Å²) in [6, 6.07) is 5.98. The maximum absolute atomic E-state index is 12.2. The van der Waals surface area contributed by atoms with Gasteiger partial charge in [-0.25, -0.2) is 0 Å². The van der Waals surface area contributed by atoms with E-state index in [0.717, 1.165) is 20.6 Å². The van der Waals surface area contributed by atoms with E-state index in [2.05, 4.69) is 27.9 Å². The van der Waals surface area contributed by atoms with Gasteiger partial charge in [0, 0.05) is 9.11 Å². The molecule has 2 nitrogen and oxygen atoms in total. The molecule has 0 atom stereocenters. The van der Waals surface area contributed by atoms with E-state index in [1.807, 2.05) is 25.1 Å². The van der Waals surface area contributed by atoms with Crippen LogP contribution in [0.25, 0.3) is 0 Å². The molecule has 4 rings (SSSR count). The summed E-state index contributed by atoms with van der Waals surface area (Å²) >= 11 is 2.23. The lowest BCUT2D eigenvalue weighted by atomic mass is 9.50. The first-order chi connectivity index (χ1) is 7.60. The Morgan fingerprint density at radius 1 is 1.44 bits per heavy atom. The maximum atomic E-state index is 12.2. The van der Waals surface area contributed by atoms with Crippen LogP contribution in [0.15, 0.2) is 18.2 Å². The third kappa shape index (κ3) is 1.48. The summed E-state index contributed by atoms with van der Waals surface area (Å²) in [6.45, 7) is 2.00. The lowest BCUT2D eigenvalue weighted by Gasteiger charge is -2.61. The SMILES string of the molecule is Cc1cccc(I)c1C(=O)NC12CC(C1)C2. The van der Waals surface area contributed by atoms with E-state index in [4.69, 9.17) is 0 Å². The molecule has 1 aromatic carbocycles. The Bertz CT molecular complexity index is 432. The smallest absolute Gasteiger partial charge is 0.253 e. The molecule has 0 aromatic heterocycles. The van der Waals surface area contributed by atoms with Gasteiger partial charge in [0.05, 0.1) is 5.56 Å². The molecular formula is C13H14INO. The minimum absolute atomic E-state index is 0.112. The number of halogens is 1. The molecule has 0 radical (unpaired) electrons. The minimum atomic E-state index is 0.112. The second-order valence-electron chi connectivity index (χ2n) is 5.14. The van der Waals surface area contributed by atoms with Crippen molar-refractivity contribution in [1.29, 1.82) is 0 Å². The van der Waals surface area contributed by atoms with Gasteiger partial charge in [-0.05, 0) is 66.3 Å². The Labute approximate surface area is 109 Å². The normalized spacial score (nSPS) is 30.2. The van der Waals surface area contributed by atoms with Crippen LogP contribution in [-0.2, 0) is 0 Å². The van der Waals surface area contributed by atoms with Gasteiger partial charge in [-0.3, -0.25) is 4.79 Å². The van der Waals surface area contributed by atoms with Crippen LogP contribution in [0.2, 0.25) is 0 Å². The van der Waals surface area contributed by atoms with Crippen molar-refractivity contribution in [3.8, 4) is 0 Å². The molecule has 84 valence electrons. The molecule has 0 unspecified atom stereocenters. The van der Waals surface area contributed by atoms with Crippen LogP contribution in [0.5, 0.6) is 0 Å². The van der Waals surface area contributed by atoms with E-state index in [1.165, 1.54) is 19.3 Å². The zero-order chi connectivity index (χ0) is 11.3. The largest absolute Gasteiger partial charge is 0.347 e. The summed E-state index contributed by atoms with van der Waals surface area (Å²) in [6.07, 6.45) is 3.59. The van der Waals surface area contributed by atoms with Crippen molar-refractivity contribution in [3.63, 3.8) is 0 Å². The number of benzene rings is 1. The maximum Gasteiger partial charge on any atom is 0.253 e. The van der Waals surface area contributed by atoms with Gasteiger partial charge in [0.2, 0.25) is 0 Å². The van der Waals surface area contributed by atoms with Crippen molar-refractivity contribution >= 4 is 28.5 Å². The van der Waals surface area contributed by atoms with Crippen LogP contribution in [-0.4, -0.2) is 11.4 Å². The molecule has 0 aliphatic heterocycles. The predicted octanol–water partition coefficient (Wildman–Crippen LogP) is 2.88. The number of amides is 1. The molecule has 1 amide bonds. The number of hydrogen-bond donors (Lipinski definition) is 1. The Hall–Kier alpha value is -0.580. The Morgan fingerprint density at radius 2 is 2.12 bits per heavy atom. The molecule has 1 N–H and O–H groups in total. The quantitative estimate of drug-likeness (QED) is 0.832. The lowest BCUT2D eigenvalue weighted by Crippen LogP contribution is -2.68. The fraction of sp³-hybridized carbons (Fsp3) is 0.462. The monoisotopic (exact) mass is 327 g/mol. The summed E-state index contributed by atoms with van der Waals surface area (Å²) in [5.41, 5.74) is 2.09. The molecule has 0 heterocycles. The molecular weight excluding hydrogens is 313 g/mol. The first-order valence-corrected chi connectivity index (χ1v) is 6.75. The number of carbonyl (C=O) groups excluding carboxylic acids is 1. The summed E-state index contributed by atoms with van der Waals surface area (Å²) in [5, 5.41) is 3.21. The highest BCUT2D eigenvalue weighted by Crippen LogP contribution is 2.57. The van der Waals surface area contributed by atoms with E-state index in [-0.39, 0.29) is 11.4 Å². The zero-order valence-corrected chi connectivity index (χ0v) is 11.4. The Kier molecular flexibility index (Phi) is 2.28.